The van der Waals surface area contributed by atoms with E-state index in [0.29, 0.717) is 13.1 Å². The lowest BCUT2D eigenvalue weighted by Crippen LogP contribution is -2.40. The first-order chi connectivity index (χ1) is 11.2. The molecule has 2 rings (SSSR count). The standard InChI is InChI=1S/C17H30N4OS/c1-3-20(13-15-12-19-21(4-2)14-15)17(22)18-10-11-23-16-8-6-5-7-9-16/h12,14,16H,3-11,13H2,1-2H3,(H,18,22). The van der Waals surface area contributed by atoms with Crippen molar-refractivity contribution in [1.82, 2.24) is 20.0 Å². The van der Waals surface area contributed by atoms with Crippen LogP contribution in [0, 0.1) is 0 Å². The molecule has 0 aliphatic heterocycles. The van der Waals surface area contributed by atoms with Crippen LogP contribution >= 0.6 is 11.8 Å². The third-order valence-corrected chi connectivity index (χ3v) is 5.72. The molecule has 0 bridgehead atoms. The van der Waals surface area contributed by atoms with Crippen LogP contribution in [-0.2, 0) is 13.1 Å². The van der Waals surface area contributed by atoms with E-state index >= 15 is 0 Å². The van der Waals surface area contributed by atoms with Crippen LogP contribution in [0.2, 0.25) is 0 Å². The maximum atomic E-state index is 12.3. The molecule has 6 heteroatoms. The summed E-state index contributed by atoms with van der Waals surface area (Å²) in [7, 11) is 0. The van der Waals surface area contributed by atoms with E-state index in [4.69, 9.17) is 0 Å². The molecule has 23 heavy (non-hydrogen) atoms. The second-order valence-corrected chi connectivity index (χ2v) is 7.49. The molecule has 1 fully saturated rings. The van der Waals surface area contributed by atoms with Crippen molar-refractivity contribution >= 4 is 17.8 Å². The molecule has 1 aromatic rings. The van der Waals surface area contributed by atoms with Crippen molar-refractivity contribution in [3.05, 3.63) is 18.0 Å². The van der Waals surface area contributed by atoms with E-state index in [-0.39, 0.29) is 6.03 Å². The average molecular weight is 339 g/mol. The van der Waals surface area contributed by atoms with Crippen LogP contribution in [0.1, 0.15) is 51.5 Å². The zero-order chi connectivity index (χ0) is 16.5. The van der Waals surface area contributed by atoms with E-state index in [0.717, 1.165) is 29.7 Å². The van der Waals surface area contributed by atoms with E-state index < -0.39 is 0 Å². The Kier molecular flexibility index (Phi) is 7.79. The summed E-state index contributed by atoms with van der Waals surface area (Å²) in [5.41, 5.74) is 1.08. The summed E-state index contributed by atoms with van der Waals surface area (Å²) >= 11 is 2.02. The van der Waals surface area contributed by atoms with Gasteiger partial charge in [-0.3, -0.25) is 4.68 Å². The number of aromatic nitrogens is 2. The molecule has 0 radical (unpaired) electrons. The molecule has 1 aliphatic rings. The minimum Gasteiger partial charge on any atom is -0.337 e. The Bertz CT molecular complexity index is 471. The number of hydrogen-bond donors (Lipinski definition) is 1. The number of amides is 2. The Morgan fingerprint density at radius 1 is 1.39 bits per heavy atom. The number of urea groups is 1. The number of hydrogen-bond acceptors (Lipinski definition) is 3. The van der Waals surface area contributed by atoms with Crippen molar-refractivity contribution in [2.24, 2.45) is 0 Å². The normalized spacial score (nSPS) is 15.6. The van der Waals surface area contributed by atoms with Gasteiger partial charge < -0.3 is 10.2 Å². The van der Waals surface area contributed by atoms with Crippen molar-refractivity contribution in [1.29, 1.82) is 0 Å². The van der Waals surface area contributed by atoms with Gasteiger partial charge in [0.05, 0.1) is 12.7 Å². The zero-order valence-electron chi connectivity index (χ0n) is 14.5. The molecule has 1 saturated carbocycles. The van der Waals surface area contributed by atoms with Gasteiger partial charge in [0.1, 0.15) is 0 Å². The first-order valence-electron chi connectivity index (χ1n) is 8.88. The van der Waals surface area contributed by atoms with Crippen LogP contribution in [0.4, 0.5) is 4.79 Å². The SMILES string of the molecule is CCN(Cc1cnn(CC)c1)C(=O)NCCSC1CCCCC1. The van der Waals surface area contributed by atoms with Gasteiger partial charge >= 0.3 is 6.03 Å². The number of carbonyl (C=O) groups is 1. The second kappa shape index (κ2) is 9.85. The first-order valence-corrected chi connectivity index (χ1v) is 9.93. The summed E-state index contributed by atoms with van der Waals surface area (Å²) < 4.78 is 1.89. The van der Waals surface area contributed by atoms with Gasteiger partial charge in [0.25, 0.3) is 0 Å². The van der Waals surface area contributed by atoms with Crippen molar-refractivity contribution in [2.45, 2.75) is 64.3 Å². The van der Waals surface area contributed by atoms with Crippen LogP contribution < -0.4 is 5.32 Å². The summed E-state index contributed by atoms with van der Waals surface area (Å²) in [6.07, 6.45) is 10.7. The first kappa shape index (κ1) is 18.2. The van der Waals surface area contributed by atoms with Gasteiger partial charge in [-0.1, -0.05) is 19.3 Å². The molecule has 130 valence electrons. The highest BCUT2D eigenvalue weighted by molar-refractivity contribution is 7.99. The predicted molar refractivity (Wildman–Crippen MR) is 96.7 cm³/mol. The fourth-order valence-corrected chi connectivity index (χ4v) is 4.16. The van der Waals surface area contributed by atoms with Crippen molar-refractivity contribution in [2.75, 3.05) is 18.8 Å². The highest BCUT2D eigenvalue weighted by atomic mass is 32.2. The smallest absolute Gasteiger partial charge is 0.317 e. The van der Waals surface area contributed by atoms with Crippen LogP contribution in [0.3, 0.4) is 0 Å². The summed E-state index contributed by atoms with van der Waals surface area (Å²) in [6.45, 7) is 7.02. The highest BCUT2D eigenvalue weighted by Gasteiger charge is 2.15. The number of rotatable bonds is 8. The summed E-state index contributed by atoms with van der Waals surface area (Å²) in [4.78, 5) is 14.1. The summed E-state index contributed by atoms with van der Waals surface area (Å²) in [6, 6.07) is 0.0287. The molecule has 0 saturated heterocycles. The lowest BCUT2D eigenvalue weighted by molar-refractivity contribution is 0.199. The minimum absolute atomic E-state index is 0.0287. The highest BCUT2D eigenvalue weighted by Crippen LogP contribution is 2.27. The van der Waals surface area contributed by atoms with Crippen LogP contribution in [-0.4, -0.2) is 44.8 Å². The molecule has 0 spiro atoms. The fourth-order valence-electron chi connectivity index (χ4n) is 2.94. The lowest BCUT2D eigenvalue weighted by Gasteiger charge is -2.22. The number of thioether (sulfide) groups is 1. The van der Waals surface area contributed by atoms with Gasteiger partial charge in [0, 0.05) is 42.4 Å². The van der Waals surface area contributed by atoms with E-state index in [1.807, 2.05) is 40.7 Å². The van der Waals surface area contributed by atoms with Crippen molar-refractivity contribution in [3.63, 3.8) is 0 Å². The van der Waals surface area contributed by atoms with E-state index in [9.17, 15) is 4.79 Å². The number of nitrogens with one attached hydrogen (secondary N) is 1. The molecule has 1 aliphatic carbocycles. The molecule has 1 N–H and O–H groups in total. The molecule has 1 aromatic heterocycles. The molecular formula is C17H30N4OS. The largest absolute Gasteiger partial charge is 0.337 e. The molecule has 2 amide bonds. The van der Waals surface area contributed by atoms with Gasteiger partial charge in [-0.15, -0.1) is 0 Å². The van der Waals surface area contributed by atoms with E-state index in [1.54, 1.807) is 0 Å². The summed E-state index contributed by atoms with van der Waals surface area (Å²) in [5.74, 6) is 1.02. The Balaban J connectivity index is 1.67. The van der Waals surface area contributed by atoms with Gasteiger partial charge in [-0.05, 0) is 26.7 Å². The fraction of sp³-hybridized carbons (Fsp3) is 0.765. The van der Waals surface area contributed by atoms with Gasteiger partial charge in [0.15, 0.2) is 0 Å². The summed E-state index contributed by atoms with van der Waals surface area (Å²) in [5, 5.41) is 8.12. The third kappa shape index (κ3) is 6.09. The quantitative estimate of drug-likeness (QED) is 0.738. The third-order valence-electron chi connectivity index (χ3n) is 4.34. The maximum absolute atomic E-state index is 12.3. The predicted octanol–water partition coefficient (Wildman–Crippen LogP) is 3.50. The van der Waals surface area contributed by atoms with Crippen molar-refractivity contribution < 1.29 is 4.79 Å². The Hall–Kier alpha value is -1.17. The number of carbonyl (C=O) groups excluding carboxylic acids is 1. The lowest BCUT2D eigenvalue weighted by atomic mass is 10.0. The molecular weight excluding hydrogens is 308 g/mol. The van der Waals surface area contributed by atoms with Gasteiger partial charge in [-0.2, -0.15) is 16.9 Å². The zero-order valence-corrected chi connectivity index (χ0v) is 15.3. The Morgan fingerprint density at radius 3 is 2.83 bits per heavy atom. The van der Waals surface area contributed by atoms with Gasteiger partial charge in [-0.25, -0.2) is 4.79 Å². The van der Waals surface area contributed by atoms with E-state index in [1.165, 1.54) is 32.1 Å². The molecule has 0 unspecified atom stereocenters. The minimum atomic E-state index is 0.0287. The van der Waals surface area contributed by atoms with Crippen molar-refractivity contribution in [3.8, 4) is 0 Å². The van der Waals surface area contributed by atoms with Crippen LogP contribution in [0.5, 0.6) is 0 Å². The van der Waals surface area contributed by atoms with Gasteiger partial charge in [0.2, 0.25) is 0 Å². The molecule has 0 aromatic carbocycles. The Morgan fingerprint density at radius 2 is 2.17 bits per heavy atom. The monoisotopic (exact) mass is 338 g/mol. The second-order valence-electron chi connectivity index (χ2n) is 6.08. The number of nitrogens with zero attached hydrogens (tertiary/aromatic N) is 3. The van der Waals surface area contributed by atoms with E-state index in [2.05, 4.69) is 17.3 Å². The Labute approximate surface area is 144 Å². The van der Waals surface area contributed by atoms with Crippen LogP contribution in [0.25, 0.3) is 0 Å². The topological polar surface area (TPSA) is 50.2 Å². The average Bonchev–Trinajstić information content (AvgIpc) is 3.05. The molecule has 5 nitrogen and oxygen atoms in total. The molecule has 1 heterocycles. The molecule has 0 atom stereocenters. The maximum Gasteiger partial charge on any atom is 0.317 e. The number of aryl methyl sites for hydroxylation is 1. The van der Waals surface area contributed by atoms with Crippen LogP contribution in [0.15, 0.2) is 12.4 Å².